The first-order chi connectivity index (χ1) is 15.0. The Hall–Kier alpha value is -2.67. The first-order valence-electron chi connectivity index (χ1n) is 10.4. The molecule has 1 atom stereocenters. The molecule has 0 radical (unpaired) electrons. The van der Waals surface area contributed by atoms with Crippen molar-refractivity contribution in [3.63, 3.8) is 0 Å². The zero-order valence-corrected chi connectivity index (χ0v) is 18.8. The Labute approximate surface area is 184 Å². The fourth-order valence-corrected chi connectivity index (χ4v) is 6.01. The third kappa shape index (κ3) is 4.66. The van der Waals surface area contributed by atoms with Crippen LogP contribution < -0.4 is 4.74 Å². The minimum atomic E-state index is -3.80. The van der Waals surface area contributed by atoms with Gasteiger partial charge in [0.05, 0.1) is 7.11 Å². The molecule has 0 spiro atoms. The maximum absolute atomic E-state index is 14.0. The van der Waals surface area contributed by atoms with E-state index in [1.165, 1.54) is 7.11 Å². The normalized spacial score (nSPS) is 18.1. The minimum absolute atomic E-state index is 0.205. The number of nitrogens with zero attached hydrogens (tertiary/aromatic N) is 2. The lowest BCUT2D eigenvalue weighted by molar-refractivity contribution is 0.204. The minimum Gasteiger partial charge on any atom is -0.495 e. The summed E-state index contributed by atoms with van der Waals surface area (Å²) in [5, 5.41) is 0. The van der Waals surface area contributed by atoms with Gasteiger partial charge < -0.3 is 9.64 Å². The molecular weight excluding hydrogens is 408 g/mol. The summed E-state index contributed by atoms with van der Waals surface area (Å²) in [7, 11) is -0.242. The largest absolute Gasteiger partial charge is 0.495 e. The second kappa shape index (κ2) is 9.22. The van der Waals surface area contributed by atoms with Crippen LogP contribution in [0.2, 0.25) is 0 Å². The maximum Gasteiger partial charge on any atom is 0.247 e. The van der Waals surface area contributed by atoms with Crippen LogP contribution in [0, 0.1) is 0 Å². The van der Waals surface area contributed by atoms with E-state index in [2.05, 4.69) is 23.1 Å². The molecular formula is C25H28N2O3S. The van der Waals surface area contributed by atoms with Crippen LogP contribution in [-0.4, -0.2) is 44.4 Å². The number of para-hydroxylation sites is 1. The summed E-state index contributed by atoms with van der Waals surface area (Å²) in [4.78, 5) is 2.41. The maximum atomic E-state index is 14.0. The molecule has 0 saturated heterocycles. The molecule has 0 N–H and O–H groups in total. The van der Waals surface area contributed by atoms with Crippen LogP contribution in [0.15, 0.2) is 83.8 Å². The highest BCUT2D eigenvalue weighted by atomic mass is 32.2. The zero-order chi connectivity index (χ0) is 21.8. The van der Waals surface area contributed by atoms with Gasteiger partial charge in [-0.2, -0.15) is 4.31 Å². The Bertz CT molecular complexity index is 1130. The van der Waals surface area contributed by atoms with Crippen LogP contribution in [-0.2, 0) is 29.5 Å². The van der Waals surface area contributed by atoms with Gasteiger partial charge in [-0.25, -0.2) is 8.42 Å². The standard InChI is InChI=1S/C25H28N2O3S/c1-26-17-21-12-6-7-13-22(21)18-27(23(19-26)16-20-10-4-3-5-11-20)31(28,29)25-15-9-8-14-24(25)30-2/h3-15,23H,16-19H2,1-2H3. The van der Waals surface area contributed by atoms with Gasteiger partial charge in [-0.05, 0) is 42.3 Å². The van der Waals surface area contributed by atoms with Crippen LogP contribution in [0.4, 0.5) is 0 Å². The van der Waals surface area contributed by atoms with Crippen LogP contribution in [0.5, 0.6) is 5.75 Å². The van der Waals surface area contributed by atoms with Crippen LogP contribution in [0.25, 0.3) is 0 Å². The number of likely N-dealkylation sites (N-methyl/N-ethyl adjacent to an activating group) is 1. The summed E-state index contributed by atoms with van der Waals surface area (Å²) in [5.74, 6) is 0.365. The molecule has 31 heavy (non-hydrogen) atoms. The van der Waals surface area contributed by atoms with Crippen LogP contribution in [0.1, 0.15) is 16.7 Å². The van der Waals surface area contributed by atoms with Crippen LogP contribution >= 0.6 is 0 Å². The van der Waals surface area contributed by atoms with E-state index in [0.29, 0.717) is 25.3 Å². The molecule has 0 fully saturated rings. The highest BCUT2D eigenvalue weighted by Gasteiger charge is 2.35. The van der Waals surface area contributed by atoms with E-state index >= 15 is 0 Å². The van der Waals surface area contributed by atoms with Gasteiger partial charge in [-0.1, -0.05) is 66.7 Å². The quantitative estimate of drug-likeness (QED) is 0.608. The van der Waals surface area contributed by atoms with E-state index in [1.54, 1.807) is 28.6 Å². The van der Waals surface area contributed by atoms with Crippen molar-refractivity contribution in [2.24, 2.45) is 0 Å². The Balaban J connectivity index is 1.82. The van der Waals surface area contributed by atoms with E-state index in [9.17, 15) is 8.42 Å². The topological polar surface area (TPSA) is 49.9 Å². The SMILES string of the molecule is COc1ccccc1S(=O)(=O)N1Cc2ccccc2CN(C)CC1Cc1ccccc1. The summed E-state index contributed by atoms with van der Waals surface area (Å²) >= 11 is 0. The van der Waals surface area contributed by atoms with Crippen molar-refractivity contribution in [1.29, 1.82) is 0 Å². The number of ether oxygens (including phenoxy) is 1. The van der Waals surface area contributed by atoms with Crippen molar-refractivity contribution in [2.45, 2.75) is 30.4 Å². The Morgan fingerprint density at radius 1 is 0.871 bits per heavy atom. The molecule has 0 aromatic heterocycles. The molecule has 1 heterocycles. The summed E-state index contributed by atoms with van der Waals surface area (Å²) in [6, 6.07) is 24.8. The van der Waals surface area contributed by atoms with Crippen molar-refractivity contribution in [3.8, 4) is 5.75 Å². The second-order valence-electron chi connectivity index (χ2n) is 8.01. The number of hydrogen-bond donors (Lipinski definition) is 0. The molecule has 1 aliphatic rings. The van der Waals surface area contributed by atoms with Gasteiger partial charge in [0.1, 0.15) is 10.6 Å². The third-order valence-corrected chi connectivity index (χ3v) is 7.72. The van der Waals surface area contributed by atoms with Gasteiger partial charge >= 0.3 is 0 Å². The lowest BCUT2D eigenvalue weighted by Crippen LogP contribution is -2.48. The molecule has 0 amide bonds. The number of benzene rings is 3. The Kier molecular flexibility index (Phi) is 6.41. The molecule has 3 aromatic carbocycles. The van der Waals surface area contributed by atoms with Gasteiger partial charge in [0.25, 0.3) is 0 Å². The molecule has 4 rings (SSSR count). The van der Waals surface area contributed by atoms with E-state index in [0.717, 1.165) is 23.2 Å². The molecule has 0 aliphatic carbocycles. The Morgan fingerprint density at radius 2 is 1.48 bits per heavy atom. The van der Waals surface area contributed by atoms with E-state index in [4.69, 9.17) is 4.74 Å². The second-order valence-corrected chi connectivity index (χ2v) is 9.87. The predicted octanol–water partition coefficient (Wildman–Crippen LogP) is 3.94. The van der Waals surface area contributed by atoms with Crippen molar-refractivity contribution >= 4 is 10.0 Å². The summed E-state index contributed by atoms with van der Waals surface area (Å²) < 4.78 is 35.0. The number of sulfonamides is 1. The molecule has 1 unspecified atom stereocenters. The van der Waals surface area contributed by atoms with E-state index in [1.807, 2.05) is 43.4 Å². The van der Waals surface area contributed by atoms with Crippen molar-refractivity contribution in [1.82, 2.24) is 9.21 Å². The predicted molar refractivity (Wildman–Crippen MR) is 122 cm³/mol. The summed E-state index contributed by atoms with van der Waals surface area (Å²) in [6.07, 6.45) is 0.641. The van der Waals surface area contributed by atoms with E-state index < -0.39 is 10.0 Å². The molecule has 3 aromatic rings. The number of fused-ring (bicyclic) bond motifs is 1. The highest BCUT2D eigenvalue weighted by Crippen LogP contribution is 2.31. The average molecular weight is 437 g/mol. The molecule has 6 heteroatoms. The fourth-order valence-electron chi connectivity index (χ4n) is 4.26. The zero-order valence-electron chi connectivity index (χ0n) is 17.9. The number of methoxy groups -OCH3 is 1. The number of rotatable bonds is 5. The highest BCUT2D eigenvalue weighted by molar-refractivity contribution is 7.89. The fraction of sp³-hybridized carbons (Fsp3) is 0.280. The number of hydrogen-bond acceptors (Lipinski definition) is 4. The van der Waals surface area contributed by atoms with Crippen molar-refractivity contribution < 1.29 is 13.2 Å². The van der Waals surface area contributed by atoms with E-state index in [-0.39, 0.29) is 10.9 Å². The van der Waals surface area contributed by atoms with Gasteiger partial charge in [0, 0.05) is 25.7 Å². The van der Waals surface area contributed by atoms with Crippen molar-refractivity contribution in [2.75, 3.05) is 20.7 Å². The lowest BCUT2D eigenvalue weighted by atomic mass is 10.0. The lowest BCUT2D eigenvalue weighted by Gasteiger charge is -2.37. The monoisotopic (exact) mass is 436 g/mol. The molecule has 1 aliphatic heterocycles. The first kappa shape index (κ1) is 21.6. The van der Waals surface area contributed by atoms with Gasteiger partial charge in [-0.15, -0.1) is 0 Å². The smallest absolute Gasteiger partial charge is 0.247 e. The van der Waals surface area contributed by atoms with Gasteiger partial charge in [-0.3, -0.25) is 0 Å². The molecule has 5 nitrogen and oxygen atoms in total. The van der Waals surface area contributed by atoms with Gasteiger partial charge in [0.2, 0.25) is 10.0 Å². The Morgan fingerprint density at radius 3 is 2.19 bits per heavy atom. The molecule has 162 valence electrons. The summed E-state index contributed by atoms with van der Waals surface area (Å²) in [5.41, 5.74) is 3.31. The first-order valence-corrected chi connectivity index (χ1v) is 11.9. The molecule has 0 bridgehead atoms. The van der Waals surface area contributed by atoms with Crippen molar-refractivity contribution in [3.05, 3.63) is 95.6 Å². The van der Waals surface area contributed by atoms with Gasteiger partial charge in [0.15, 0.2) is 0 Å². The van der Waals surface area contributed by atoms with Crippen LogP contribution in [0.3, 0.4) is 0 Å². The average Bonchev–Trinajstić information content (AvgIpc) is 2.77. The molecule has 0 saturated carbocycles. The summed E-state index contributed by atoms with van der Waals surface area (Å²) in [6.45, 7) is 1.77. The third-order valence-electron chi connectivity index (χ3n) is 5.78.